The summed E-state index contributed by atoms with van der Waals surface area (Å²) in [6.45, 7) is -0.355. The molecule has 0 bridgehead atoms. The van der Waals surface area contributed by atoms with Crippen LogP contribution >= 0.6 is 0 Å². The average Bonchev–Trinajstić information content (AvgIpc) is 2.50. The molecule has 0 amide bonds. The van der Waals surface area contributed by atoms with Crippen LogP contribution < -0.4 is 9.47 Å². The molecule has 0 unspecified atom stereocenters. The maximum atomic E-state index is 9.35. The fourth-order valence-corrected chi connectivity index (χ4v) is 2.05. The van der Waals surface area contributed by atoms with Gasteiger partial charge < -0.3 is 29.2 Å². The molecule has 0 fully saturated rings. The summed E-state index contributed by atoms with van der Waals surface area (Å²) in [6.07, 6.45) is -1.02. The van der Waals surface area contributed by atoms with Crippen LogP contribution in [0.15, 0.2) is 12.1 Å². The van der Waals surface area contributed by atoms with E-state index in [1.54, 1.807) is 12.1 Å². The van der Waals surface area contributed by atoms with Gasteiger partial charge in [-0.3, -0.25) is 0 Å². The molecule has 0 radical (unpaired) electrons. The van der Waals surface area contributed by atoms with Gasteiger partial charge in [-0.15, -0.1) is 0 Å². The molecule has 114 valence electrons. The molecule has 1 rings (SSSR count). The van der Waals surface area contributed by atoms with Gasteiger partial charge in [0.15, 0.2) is 0 Å². The van der Waals surface area contributed by atoms with E-state index in [0.717, 1.165) is 0 Å². The summed E-state index contributed by atoms with van der Waals surface area (Å²) in [5.74, 6) is 1.08. The van der Waals surface area contributed by atoms with Gasteiger partial charge >= 0.3 is 0 Å². The first-order valence-corrected chi connectivity index (χ1v) is 6.19. The summed E-state index contributed by atoms with van der Waals surface area (Å²) in [5.41, 5.74) is 1.34. The van der Waals surface area contributed by atoms with Crippen LogP contribution in [-0.2, 0) is 9.47 Å². The number of hydrogen-bond acceptors (Lipinski definition) is 6. The number of benzene rings is 1. The summed E-state index contributed by atoms with van der Waals surface area (Å²) < 4.78 is 21.1. The second-order valence-corrected chi connectivity index (χ2v) is 4.15. The maximum absolute atomic E-state index is 9.35. The van der Waals surface area contributed by atoms with E-state index in [0.29, 0.717) is 22.6 Å². The van der Waals surface area contributed by atoms with Crippen LogP contribution in [0.4, 0.5) is 0 Å². The predicted octanol–water partition coefficient (Wildman–Crippen LogP) is 1.06. The van der Waals surface area contributed by atoms with Gasteiger partial charge in [0.1, 0.15) is 23.7 Å². The lowest BCUT2D eigenvalue weighted by Crippen LogP contribution is -2.12. The molecule has 1 aromatic carbocycles. The SMILES string of the molecule is COc1cc([C@H](CO)OC)c(OC)cc1[C@H](CO)OC. The molecule has 0 aliphatic heterocycles. The van der Waals surface area contributed by atoms with Crippen LogP contribution in [0.3, 0.4) is 0 Å². The van der Waals surface area contributed by atoms with Gasteiger partial charge in [0.2, 0.25) is 0 Å². The van der Waals surface area contributed by atoms with Gasteiger partial charge in [0.05, 0.1) is 27.4 Å². The van der Waals surface area contributed by atoms with Crippen molar-refractivity contribution in [2.45, 2.75) is 12.2 Å². The summed E-state index contributed by atoms with van der Waals surface area (Å²) in [5, 5.41) is 18.7. The third-order valence-corrected chi connectivity index (χ3v) is 3.18. The highest BCUT2D eigenvalue weighted by molar-refractivity contribution is 5.48. The van der Waals surface area contributed by atoms with Gasteiger partial charge in [0.25, 0.3) is 0 Å². The largest absolute Gasteiger partial charge is 0.496 e. The summed E-state index contributed by atoms with van der Waals surface area (Å²) in [6, 6.07) is 3.44. The minimum absolute atomic E-state index is 0.178. The Morgan fingerprint density at radius 3 is 1.35 bits per heavy atom. The maximum Gasteiger partial charge on any atom is 0.125 e. The normalized spacial score (nSPS) is 13.9. The van der Waals surface area contributed by atoms with E-state index >= 15 is 0 Å². The van der Waals surface area contributed by atoms with Gasteiger partial charge in [0, 0.05) is 25.3 Å². The number of methoxy groups -OCH3 is 4. The molecule has 0 aliphatic rings. The Morgan fingerprint density at radius 1 is 0.800 bits per heavy atom. The Hall–Kier alpha value is -1.34. The molecule has 2 atom stereocenters. The Balaban J connectivity index is 3.36. The highest BCUT2D eigenvalue weighted by Crippen LogP contribution is 2.37. The third kappa shape index (κ3) is 3.40. The Labute approximate surface area is 118 Å². The number of ether oxygens (including phenoxy) is 4. The van der Waals surface area contributed by atoms with Crippen LogP contribution in [0.25, 0.3) is 0 Å². The number of rotatable bonds is 8. The van der Waals surface area contributed by atoms with E-state index in [9.17, 15) is 10.2 Å². The lowest BCUT2D eigenvalue weighted by atomic mass is 10.0. The molecule has 0 spiro atoms. The molecule has 6 heteroatoms. The second-order valence-electron chi connectivity index (χ2n) is 4.15. The van der Waals surface area contributed by atoms with E-state index in [2.05, 4.69) is 0 Å². The lowest BCUT2D eigenvalue weighted by Gasteiger charge is -2.22. The average molecular weight is 286 g/mol. The quantitative estimate of drug-likeness (QED) is 0.744. The standard InChI is InChI=1S/C14H22O6/c1-17-11-5-10(14(8-16)20-4)12(18-2)6-9(11)13(7-15)19-3/h5-6,13-16H,7-8H2,1-4H3/t13-,14-/m0/s1. The molecule has 0 aliphatic carbocycles. The van der Waals surface area contributed by atoms with Gasteiger partial charge in [-0.25, -0.2) is 0 Å². The number of hydrogen-bond donors (Lipinski definition) is 2. The van der Waals surface area contributed by atoms with Crippen molar-refractivity contribution in [3.63, 3.8) is 0 Å². The molecule has 0 heterocycles. The van der Waals surface area contributed by atoms with Crippen LogP contribution in [0.1, 0.15) is 23.3 Å². The van der Waals surface area contributed by atoms with Gasteiger partial charge in [-0.1, -0.05) is 0 Å². The van der Waals surface area contributed by atoms with Crippen molar-refractivity contribution in [2.75, 3.05) is 41.7 Å². The monoisotopic (exact) mass is 286 g/mol. The highest BCUT2D eigenvalue weighted by atomic mass is 16.5. The van der Waals surface area contributed by atoms with Gasteiger partial charge in [-0.05, 0) is 12.1 Å². The first kappa shape index (κ1) is 16.7. The molecular formula is C14H22O6. The summed E-state index contributed by atoms with van der Waals surface area (Å²) >= 11 is 0. The second kappa shape index (κ2) is 8.06. The molecule has 1 aromatic rings. The fraction of sp³-hybridized carbons (Fsp3) is 0.571. The van der Waals surface area contributed by atoms with E-state index in [1.807, 2.05) is 0 Å². The molecular weight excluding hydrogens is 264 g/mol. The predicted molar refractivity (Wildman–Crippen MR) is 73.2 cm³/mol. The highest BCUT2D eigenvalue weighted by Gasteiger charge is 2.22. The van der Waals surface area contributed by atoms with Crippen molar-refractivity contribution in [2.24, 2.45) is 0 Å². The topological polar surface area (TPSA) is 77.4 Å². The zero-order valence-electron chi connectivity index (χ0n) is 12.3. The first-order valence-electron chi connectivity index (χ1n) is 6.19. The summed E-state index contributed by atoms with van der Waals surface area (Å²) in [7, 11) is 6.07. The Kier molecular flexibility index (Phi) is 6.74. The van der Waals surface area contributed by atoms with Crippen molar-refractivity contribution in [1.29, 1.82) is 0 Å². The number of aliphatic hydroxyl groups excluding tert-OH is 2. The van der Waals surface area contributed by atoms with E-state index in [1.165, 1.54) is 28.4 Å². The van der Waals surface area contributed by atoms with Crippen LogP contribution in [0, 0.1) is 0 Å². The fourth-order valence-electron chi connectivity index (χ4n) is 2.05. The number of aliphatic hydroxyl groups is 2. The van der Waals surface area contributed by atoms with E-state index < -0.39 is 12.2 Å². The lowest BCUT2D eigenvalue weighted by molar-refractivity contribution is 0.0433. The van der Waals surface area contributed by atoms with Crippen molar-refractivity contribution in [3.05, 3.63) is 23.3 Å². The van der Waals surface area contributed by atoms with E-state index in [4.69, 9.17) is 18.9 Å². The van der Waals surface area contributed by atoms with Crippen molar-refractivity contribution >= 4 is 0 Å². The minimum Gasteiger partial charge on any atom is -0.496 e. The minimum atomic E-state index is -0.511. The van der Waals surface area contributed by atoms with Crippen LogP contribution in [-0.4, -0.2) is 51.9 Å². The van der Waals surface area contributed by atoms with Crippen molar-refractivity contribution in [3.8, 4) is 11.5 Å². The Morgan fingerprint density at radius 2 is 1.15 bits per heavy atom. The molecule has 2 N–H and O–H groups in total. The third-order valence-electron chi connectivity index (χ3n) is 3.18. The van der Waals surface area contributed by atoms with Crippen molar-refractivity contribution in [1.82, 2.24) is 0 Å². The molecule has 0 aromatic heterocycles. The van der Waals surface area contributed by atoms with Crippen LogP contribution in [0.5, 0.6) is 11.5 Å². The molecule has 20 heavy (non-hydrogen) atoms. The first-order chi connectivity index (χ1) is 9.66. The molecule has 0 saturated carbocycles. The summed E-state index contributed by atoms with van der Waals surface area (Å²) in [4.78, 5) is 0. The zero-order valence-corrected chi connectivity index (χ0v) is 12.3. The van der Waals surface area contributed by atoms with Crippen LogP contribution in [0.2, 0.25) is 0 Å². The Bertz CT molecular complexity index is 373. The van der Waals surface area contributed by atoms with Crippen molar-refractivity contribution < 1.29 is 29.2 Å². The molecule has 6 nitrogen and oxygen atoms in total. The zero-order chi connectivity index (χ0) is 15.1. The molecule has 0 saturated heterocycles. The smallest absolute Gasteiger partial charge is 0.125 e. The van der Waals surface area contributed by atoms with Gasteiger partial charge in [-0.2, -0.15) is 0 Å². The van der Waals surface area contributed by atoms with E-state index in [-0.39, 0.29) is 13.2 Å².